The van der Waals surface area contributed by atoms with E-state index in [9.17, 15) is 0 Å². The van der Waals surface area contributed by atoms with Gasteiger partial charge in [-0.1, -0.05) is 36.4 Å². The van der Waals surface area contributed by atoms with Crippen LogP contribution in [-0.4, -0.2) is 4.57 Å². The molecule has 0 saturated carbocycles. The number of aryl methyl sites for hydroxylation is 2. The minimum atomic E-state index is 1.04. The van der Waals surface area contributed by atoms with Crippen molar-refractivity contribution in [3.05, 3.63) is 66.5 Å². The maximum Gasteiger partial charge on any atom is 0.0260 e. The van der Waals surface area contributed by atoms with Crippen LogP contribution in [0.5, 0.6) is 0 Å². The Morgan fingerprint density at radius 2 is 1.75 bits per heavy atom. The van der Waals surface area contributed by atoms with Crippen LogP contribution in [0.1, 0.15) is 18.1 Å². The van der Waals surface area contributed by atoms with Crippen molar-refractivity contribution in [1.82, 2.24) is 4.57 Å². The van der Waals surface area contributed by atoms with Gasteiger partial charge in [0, 0.05) is 18.9 Å². The van der Waals surface area contributed by atoms with E-state index in [4.69, 9.17) is 0 Å². The van der Waals surface area contributed by atoms with Gasteiger partial charge in [0.05, 0.1) is 0 Å². The van der Waals surface area contributed by atoms with E-state index in [-0.39, 0.29) is 0 Å². The molecule has 1 heterocycles. The zero-order chi connectivity index (χ0) is 11.4. The number of allylic oxidation sites excluding steroid dienone is 1. The van der Waals surface area contributed by atoms with Gasteiger partial charge in [0.2, 0.25) is 0 Å². The average Bonchev–Trinajstić information content (AvgIpc) is 2.80. The molecule has 82 valence electrons. The Kier molecular flexibility index (Phi) is 3.25. The van der Waals surface area contributed by atoms with Gasteiger partial charge in [-0.15, -0.1) is 0 Å². The van der Waals surface area contributed by atoms with Crippen LogP contribution in [-0.2, 0) is 13.0 Å². The Labute approximate surface area is 97.0 Å². The Balaban J connectivity index is 1.98. The van der Waals surface area contributed by atoms with E-state index in [2.05, 4.69) is 59.9 Å². The van der Waals surface area contributed by atoms with E-state index >= 15 is 0 Å². The highest BCUT2D eigenvalue weighted by atomic mass is 14.9. The van der Waals surface area contributed by atoms with Crippen molar-refractivity contribution >= 4 is 5.57 Å². The smallest absolute Gasteiger partial charge is 0.0260 e. The van der Waals surface area contributed by atoms with Gasteiger partial charge < -0.3 is 4.57 Å². The lowest BCUT2D eigenvalue weighted by atomic mass is 10.1. The largest absolute Gasteiger partial charge is 0.354 e. The number of benzene rings is 1. The van der Waals surface area contributed by atoms with E-state index in [1.54, 1.807) is 0 Å². The molecule has 0 fully saturated rings. The molecule has 0 amide bonds. The fraction of sp³-hybridized carbons (Fsp3) is 0.200. The van der Waals surface area contributed by atoms with Crippen molar-refractivity contribution in [2.24, 2.45) is 0 Å². The molecular formula is C15H17N. The predicted octanol–water partition coefficient (Wildman–Crippen LogP) is 3.76. The molecule has 1 heteroatoms. The van der Waals surface area contributed by atoms with Gasteiger partial charge in [0.1, 0.15) is 0 Å². The van der Waals surface area contributed by atoms with Gasteiger partial charge in [-0.2, -0.15) is 0 Å². The second-order valence-corrected chi connectivity index (χ2v) is 4.15. The molecule has 1 aromatic heterocycles. The normalized spacial score (nSPS) is 10.3. The maximum absolute atomic E-state index is 3.94. The van der Waals surface area contributed by atoms with Crippen LogP contribution < -0.4 is 0 Å². The molecule has 0 aliphatic rings. The molecule has 1 nitrogen and oxygen atoms in total. The van der Waals surface area contributed by atoms with Gasteiger partial charge in [0.25, 0.3) is 0 Å². The summed E-state index contributed by atoms with van der Waals surface area (Å²) in [6.07, 6.45) is 5.27. The number of hydrogen-bond donors (Lipinski definition) is 0. The molecule has 0 saturated heterocycles. The van der Waals surface area contributed by atoms with E-state index < -0.39 is 0 Å². The van der Waals surface area contributed by atoms with Crippen LogP contribution >= 0.6 is 0 Å². The van der Waals surface area contributed by atoms with Gasteiger partial charge in [-0.05, 0) is 36.6 Å². The molecule has 0 N–H and O–H groups in total. The SMILES string of the molecule is C=C(C)c1ccc(CCn2cccc2)cc1. The van der Waals surface area contributed by atoms with Crippen molar-refractivity contribution in [3.8, 4) is 0 Å². The first-order chi connectivity index (χ1) is 7.75. The summed E-state index contributed by atoms with van der Waals surface area (Å²) in [6, 6.07) is 12.8. The minimum Gasteiger partial charge on any atom is -0.354 e. The van der Waals surface area contributed by atoms with Crippen LogP contribution in [0.15, 0.2) is 55.4 Å². The Hall–Kier alpha value is -1.76. The van der Waals surface area contributed by atoms with Crippen molar-refractivity contribution in [3.63, 3.8) is 0 Å². The first-order valence-electron chi connectivity index (χ1n) is 5.61. The van der Waals surface area contributed by atoms with Gasteiger partial charge >= 0.3 is 0 Å². The van der Waals surface area contributed by atoms with Crippen LogP contribution in [0.3, 0.4) is 0 Å². The molecule has 0 spiro atoms. The van der Waals surface area contributed by atoms with Crippen LogP contribution in [0.4, 0.5) is 0 Å². The van der Waals surface area contributed by atoms with Gasteiger partial charge in [-0.3, -0.25) is 0 Å². The lowest BCUT2D eigenvalue weighted by Crippen LogP contribution is -1.98. The average molecular weight is 211 g/mol. The van der Waals surface area contributed by atoms with Crippen molar-refractivity contribution in [2.45, 2.75) is 19.9 Å². The predicted molar refractivity (Wildman–Crippen MR) is 69.3 cm³/mol. The third kappa shape index (κ3) is 2.63. The lowest BCUT2D eigenvalue weighted by Gasteiger charge is -2.05. The van der Waals surface area contributed by atoms with Gasteiger partial charge in [0.15, 0.2) is 0 Å². The van der Waals surface area contributed by atoms with Crippen molar-refractivity contribution < 1.29 is 0 Å². The van der Waals surface area contributed by atoms with Crippen LogP contribution in [0, 0.1) is 0 Å². The first-order valence-corrected chi connectivity index (χ1v) is 5.61. The summed E-state index contributed by atoms with van der Waals surface area (Å²) >= 11 is 0. The third-order valence-corrected chi connectivity index (χ3v) is 2.77. The Morgan fingerprint density at radius 3 is 2.31 bits per heavy atom. The van der Waals surface area contributed by atoms with Crippen molar-refractivity contribution in [1.29, 1.82) is 0 Å². The molecule has 0 bridgehead atoms. The highest BCUT2D eigenvalue weighted by Crippen LogP contribution is 2.13. The molecule has 0 unspecified atom stereocenters. The number of aromatic nitrogens is 1. The first kappa shape index (κ1) is 10.7. The van der Waals surface area contributed by atoms with Gasteiger partial charge in [-0.25, -0.2) is 0 Å². The Bertz CT molecular complexity index is 449. The standard InChI is InChI=1S/C15H17N/c1-13(2)15-7-5-14(6-8-15)9-12-16-10-3-4-11-16/h3-8,10-11H,1,9,12H2,2H3. The zero-order valence-electron chi connectivity index (χ0n) is 9.69. The summed E-state index contributed by atoms with van der Waals surface area (Å²) in [5, 5.41) is 0. The quantitative estimate of drug-likeness (QED) is 0.725. The van der Waals surface area contributed by atoms with E-state index in [1.807, 2.05) is 6.92 Å². The van der Waals surface area contributed by atoms with Crippen molar-refractivity contribution in [2.75, 3.05) is 0 Å². The second kappa shape index (κ2) is 4.84. The maximum atomic E-state index is 3.94. The molecule has 0 aliphatic carbocycles. The molecule has 0 radical (unpaired) electrons. The molecule has 1 aromatic carbocycles. The van der Waals surface area contributed by atoms with E-state index in [0.29, 0.717) is 0 Å². The fourth-order valence-corrected chi connectivity index (χ4v) is 1.73. The summed E-state index contributed by atoms with van der Waals surface area (Å²) < 4.78 is 2.20. The molecule has 2 rings (SSSR count). The molecule has 2 aromatic rings. The number of rotatable bonds is 4. The third-order valence-electron chi connectivity index (χ3n) is 2.77. The zero-order valence-corrected chi connectivity index (χ0v) is 9.69. The van der Waals surface area contributed by atoms with E-state index in [1.165, 1.54) is 11.1 Å². The lowest BCUT2D eigenvalue weighted by molar-refractivity contribution is 0.701. The number of nitrogens with zero attached hydrogens (tertiary/aromatic N) is 1. The highest BCUT2D eigenvalue weighted by molar-refractivity contribution is 5.61. The molecule has 0 aliphatic heterocycles. The summed E-state index contributed by atoms with van der Waals surface area (Å²) in [5.74, 6) is 0. The van der Waals surface area contributed by atoms with Crippen LogP contribution in [0.2, 0.25) is 0 Å². The number of hydrogen-bond acceptors (Lipinski definition) is 0. The topological polar surface area (TPSA) is 4.93 Å². The Morgan fingerprint density at radius 1 is 1.12 bits per heavy atom. The summed E-state index contributed by atoms with van der Waals surface area (Å²) in [6.45, 7) is 7.02. The summed E-state index contributed by atoms with van der Waals surface area (Å²) in [5.41, 5.74) is 3.72. The minimum absolute atomic E-state index is 1.04. The van der Waals surface area contributed by atoms with Crippen LogP contribution in [0.25, 0.3) is 5.57 Å². The molecule has 16 heavy (non-hydrogen) atoms. The monoisotopic (exact) mass is 211 g/mol. The molecule has 0 atom stereocenters. The fourth-order valence-electron chi connectivity index (χ4n) is 1.73. The molecular weight excluding hydrogens is 194 g/mol. The highest BCUT2D eigenvalue weighted by Gasteiger charge is 1.96. The summed E-state index contributed by atoms with van der Waals surface area (Å²) in [7, 11) is 0. The second-order valence-electron chi connectivity index (χ2n) is 4.15. The summed E-state index contributed by atoms with van der Waals surface area (Å²) in [4.78, 5) is 0. The van der Waals surface area contributed by atoms with E-state index in [0.717, 1.165) is 18.5 Å².